The van der Waals surface area contributed by atoms with Gasteiger partial charge in [0.15, 0.2) is 0 Å². The highest BCUT2D eigenvalue weighted by atomic mass is 35.7. The van der Waals surface area contributed by atoms with Gasteiger partial charge in [0, 0.05) is 22.6 Å². The van der Waals surface area contributed by atoms with E-state index in [1.807, 2.05) is 20.8 Å². The van der Waals surface area contributed by atoms with Gasteiger partial charge in [-0.15, -0.1) is 0 Å². The first-order valence-corrected chi connectivity index (χ1v) is 9.39. The summed E-state index contributed by atoms with van der Waals surface area (Å²) in [5, 5.41) is 2.98. The molecule has 1 rings (SSSR count). The first-order chi connectivity index (χ1) is 9.74. The maximum absolute atomic E-state index is 11.8. The molecule has 1 amide bonds. The number of hydrogen-bond donors (Lipinski definition) is 1. The molecule has 118 valence electrons. The molecular weight excluding hydrogens is 310 g/mol. The predicted molar refractivity (Wildman–Crippen MR) is 84.9 cm³/mol. The minimum absolute atomic E-state index is 0.0284. The van der Waals surface area contributed by atoms with E-state index in [2.05, 4.69) is 5.32 Å². The van der Waals surface area contributed by atoms with Gasteiger partial charge in [0.25, 0.3) is 9.05 Å². The lowest BCUT2D eigenvalue weighted by Crippen LogP contribution is -2.36. The molecule has 0 heterocycles. The summed E-state index contributed by atoms with van der Waals surface area (Å²) < 4.78 is 22.3. The standard InChI is InChI=1S/C15H22ClNO3S/c1-4-11(2)15(18)17-12(3)5-6-13-7-9-14(10-8-13)21(16,19)20/h7-12H,4-6H2,1-3H3,(H,17,18). The molecule has 1 aromatic rings. The van der Waals surface area contributed by atoms with Gasteiger partial charge in [0.1, 0.15) is 0 Å². The Bertz CT molecular complexity index is 569. The van der Waals surface area contributed by atoms with Gasteiger partial charge in [0.05, 0.1) is 4.90 Å². The monoisotopic (exact) mass is 331 g/mol. The van der Waals surface area contributed by atoms with Crippen LogP contribution in [0.1, 0.15) is 39.2 Å². The second-order valence-corrected chi connectivity index (χ2v) is 7.91. The van der Waals surface area contributed by atoms with Crippen LogP contribution in [0.4, 0.5) is 0 Å². The number of halogens is 1. The van der Waals surface area contributed by atoms with E-state index in [-0.39, 0.29) is 22.8 Å². The molecule has 6 heteroatoms. The lowest BCUT2D eigenvalue weighted by Gasteiger charge is -2.16. The summed E-state index contributed by atoms with van der Waals surface area (Å²) in [6, 6.07) is 6.58. The summed E-state index contributed by atoms with van der Waals surface area (Å²) in [5.74, 6) is 0.106. The Kier molecular flexibility index (Phi) is 6.68. The van der Waals surface area contributed by atoms with E-state index in [0.717, 1.165) is 24.8 Å². The number of amides is 1. The van der Waals surface area contributed by atoms with Gasteiger partial charge >= 0.3 is 0 Å². The van der Waals surface area contributed by atoms with Crippen molar-refractivity contribution >= 4 is 25.6 Å². The summed E-state index contributed by atoms with van der Waals surface area (Å²) in [4.78, 5) is 11.9. The maximum Gasteiger partial charge on any atom is 0.261 e. The smallest absolute Gasteiger partial charge is 0.261 e. The number of hydrogen-bond acceptors (Lipinski definition) is 3. The number of benzene rings is 1. The molecule has 0 spiro atoms. The van der Waals surface area contributed by atoms with E-state index in [4.69, 9.17) is 10.7 Å². The first-order valence-electron chi connectivity index (χ1n) is 7.08. The van der Waals surface area contributed by atoms with Crippen molar-refractivity contribution in [1.29, 1.82) is 0 Å². The first kappa shape index (κ1) is 18.0. The fourth-order valence-corrected chi connectivity index (χ4v) is 2.61. The molecule has 4 nitrogen and oxygen atoms in total. The molecule has 0 aliphatic heterocycles. The van der Waals surface area contributed by atoms with E-state index in [1.165, 1.54) is 12.1 Å². The fraction of sp³-hybridized carbons (Fsp3) is 0.533. The molecule has 21 heavy (non-hydrogen) atoms. The molecule has 2 unspecified atom stereocenters. The third kappa shape index (κ3) is 6.06. The average molecular weight is 332 g/mol. The van der Waals surface area contributed by atoms with Crippen LogP contribution in [-0.4, -0.2) is 20.4 Å². The van der Waals surface area contributed by atoms with E-state index >= 15 is 0 Å². The summed E-state index contributed by atoms with van der Waals surface area (Å²) in [5.41, 5.74) is 1.02. The Morgan fingerprint density at radius 3 is 2.29 bits per heavy atom. The molecule has 0 aliphatic carbocycles. The van der Waals surface area contributed by atoms with Crippen LogP contribution in [0, 0.1) is 5.92 Å². The van der Waals surface area contributed by atoms with Crippen LogP contribution in [0.5, 0.6) is 0 Å². The third-order valence-electron chi connectivity index (χ3n) is 3.52. The highest BCUT2D eigenvalue weighted by Gasteiger charge is 2.13. The van der Waals surface area contributed by atoms with Crippen LogP contribution in [0.2, 0.25) is 0 Å². The van der Waals surface area contributed by atoms with Gasteiger partial charge in [0.2, 0.25) is 5.91 Å². The van der Waals surface area contributed by atoms with E-state index in [1.54, 1.807) is 12.1 Å². The Balaban J connectivity index is 2.50. The summed E-state index contributed by atoms with van der Waals surface area (Å²) in [6.07, 6.45) is 2.40. The van der Waals surface area contributed by atoms with Crippen molar-refractivity contribution < 1.29 is 13.2 Å². The third-order valence-corrected chi connectivity index (χ3v) is 4.89. The molecule has 0 bridgehead atoms. The van der Waals surface area contributed by atoms with Crippen molar-refractivity contribution in [2.24, 2.45) is 5.92 Å². The second-order valence-electron chi connectivity index (χ2n) is 5.34. The molecule has 0 aromatic heterocycles. The van der Waals surface area contributed by atoms with Crippen molar-refractivity contribution in [3.05, 3.63) is 29.8 Å². The lowest BCUT2D eigenvalue weighted by atomic mass is 10.0. The molecular formula is C15H22ClNO3S. The predicted octanol–water partition coefficient (Wildman–Crippen LogP) is 3.10. The van der Waals surface area contributed by atoms with E-state index in [0.29, 0.717) is 0 Å². The topological polar surface area (TPSA) is 63.2 Å². The SMILES string of the molecule is CCC(C)C(=O)NC(C)CCc1ccc(S(=O)(=O)Cl)cc1. The summed E-state index contributed by atoms with van der Waals surface area (Å²) in [6.45, 7) is 5.87. The van der Waals surface area contributed by atoms with Crippen LogP contribution < -0.4 is 5.32 Å². The van der Waals surface area contributed by atoms with Gasteiger partial charge in [-0.1, -0.05) is 26.0 Å². The second kappa shape index (κ2) is 7.80. The minimum atomic E-state index is -3.66. The normalized spacial score (nSPS) is 14.5. The van der Waals surface area contributed by atoms with Crippen molar-refractivity contribution in [2.75, 3.05) is 0 Å². The van der Waals surface area contributed by atoms with Crippen LogP contribution in [0.25, 0.3) is 0 Å². The average Bonchev–Trinajstić information content (AvgIpc) is 2.43. The number of nitrogens with one attached hydrogen (secondary N) is 1. The number of rotatable bonds is 7. The van der Waals surface area contributed by atoms with Gasteiger partial charge < -0.3 is 5.32 Å². The van der Waals surface area contributed by atoms with Crippen molar-refractivity contribution in [3.63, 3.8) is 0 Å². The highest BCUT2D eigenvalue weighted by Crippen LogP contribution is 2.16. The molecule has 0 saturated carbocycles. The number of carbonyl (C=O) groups excluding carboxylic acids is 1. The zero-order valence-electron chi connectivity index (χ0n) is 12.6. The number of carbonyl (C=O) groups is 1. The lowest BCUT2D eigenvalue weighted by molar-refractivity contribution is -0.125. The van der Waals surface area contributed by atoms with Crippen LogP contribution in [-0.2, 0) is 20.3 Å². The summed E-state index contributed by atoms with van der Waals surface area (Å²) in [7, 11) is 1.60. The van der Waals surface area contributed by atoms with Crippen molar-refractivity contribution in [1.82, 2.24) is 5.32 Å². The molecule has 1 N–H and O–H groups in total. The Labute approximate surface area is 131 Å². The van der Waals surface area contributed by atoms with Crippen LogP contribution in [0.15, 0.2) is 29.2 Å². The zero-order chi connectivity index (χ0) is 16.0. The zero-order valence-corrected chi connectivity index (χ0v) is 14.2. The van der Waals surface area contributed by atoms with Gasteiger partial charge in [-0.25, -0.2) is 8.42 Å². The van der Waals surface area contributed by atoms with Crippen molar-refractivity contribution in [2.45, 2.75) is 51.0 Å². The molecule has 0 radical (unpaired) electrons. The largest absolute Gasteiger partial charge is 0.353 e. The molecule has 1 aromatic carbocycles. The van der Waals surface area contributed by atoms with Gasteiger partial charge in [-0.2, -0.15) is 0 Å². The van der Waals surface area contributed by atoms with E-state index in [9.17, 15) is 13.2 Å². The molecule has 0 fully saturated rings. The Morgan fingerprint density at radius 1 is 1.24 bits per heavy atom. The van der Waals surface area contributed by atoms with Gasteiger partial charge in [-0.05, 0) is 43.9 Å². The Morgan fingerprint density at radius 2 is 1.81 bits per heavy atom. The summed E-state index contributed by atoms with van der Waals surface area (Å²) >= 11 is 0. The van der Waals surface area contributed by atoms with Gasteiger partial charge in [-0.3, -0.25) is 4.79 Å². The highest BCUT2D eigenvalue weighted by molar-refractivity contribution is 8.13. The van der Waals surface area contributed by atoms with Crippen molar-refractivity contribution in [3.8, 4) is 0 Å². The van der Waals surface area contributed by atoms with Crippen LogP contribution in [0.3, 0.4) is 0 Å². The van der Waals surface area contributed by atoms with E-state index < -0.39 is 9.05 Å². The maximum atomic E-state index is 11.8. The number of aryl methyl sites for hydroxylation is 1. The minimum Gasteiger partial charge on any atom is -0.353 e. The molecule has 0 saturated heterocycles. The fourth-order valence-electron chi connectivity index (χ4n) is 1.84. The quantitative estimate of drug-likeness (QED) is 0.781. The van der Waals surface area contributed by atoms with Crippen LogP contribution >= 0.6 is 10.7 Å². The molecule has 0 aliphatic rings. The Hall–Kier alpha value is -1.07. The molecule has 2 atom stereocenters.